The molecule has 1 aromatic heterocycles. The monoisotopic (exact) mass is 246 g/mol. The summed E-state index contributed by atoms with van der Waals surface area (Å²) in [5.74, 6) is -0.272. The molecule has 0 radical (unpaired) electrons. The van der Waals surface area contributed by atoms with Gasteiger partial charge in [0.05, 0.1) is 6.61 Å². The fraction of sp³-hybridized carbons (Fsp3) is 0.357. The van der Waals surface area contributed by atoms with Gasteiger partial charge >= 0.3 is 0 Å². The summed E-state index contributed by atoms with van der Waals surface area (Å²) in [5, 5.41) is 10.5. The molecule has 2 rings (SSSR count). The standard InChI is InChI=1S/C14H18N2O2/c1-10-12(9-17)11-5-2-3-6-13(11)16(10)8-4-7-14(15)18/h2-3,5-6,17H,4,7-9H2,1H3,(H2,15,18). The Morgan fingerprint density at radius 2 is 2.11 bits per heavy atom. The zero-order chi connectivity index (χ0) is 13.1. The van der Waals surface area contributed by atoms with Gasteiger partial charge in [-0.1, -0.05) is 18.2 Å². The second kappa shape index (κ2) is 5.23. The highest BCUT2D eigenvalue weighted by molar-refractivity contribution is 5.85. The van der Waals surface area contributed by atoms with Gasteiger partial charge in [-0.15, -0.1) is 0 Å². The van der Waals surface area contributed by atoms with Crippen LogP contribution in [0.3, 0.4) is 0 Å². The predicted molar refractivity (Wildman–Crippen MR) is 71.0 cm³/mol. The van der Waals surface area contributed by atoms with Gasteiger partial charge in [-0.2, -0.15) is 0 Å². The predicted octanol–water partition coefficient (Wildman–Crippen LogP) is 1.71. The molecule has 0 unspecified atom stereocenters. The number of aromatic nitrogens is 1. The van der Waals surface area contributed by atoms with Crippen LogP contribution >= 0.6 is 0 Å². The number of hydrogen-bond acceptors (Lipinski definition) is 2. The first kappa shape index (κ1) is 12.6. The molecule has 0 fully saturated rings. The molecule has 0 spiro atoms. The summed E-state index contributed by atoms with van der Waals surface area (Å²) in [6, 6.07) is 7.99. The highest BCUT2D eigenvalue weighted by Gasteiger charge is 2.12. The van der Waals surface area contributed by atoms with E-state index in [9.17, 15) is 9.90 Å². The van der Waals surface area contributed by atoms with Crippen LogP contribution in [0.5, 0.6) is 0 Å². The number of primary amides is 1. The van der Waals surface area contributed by atoms with Gasteiger partial charge in [0.15, 0.2) is 0 Å². The van der Waals surface area contributed by atoms with Gasteiger partial charge in [0, 0.05) is 35.1 Å². The number of aryl methyl sites for hydroxylation is 1. The van der Waals surface area contributed by atoms with Crippen molar-refractivity contribution in [2.45, 2.75) is 32.9 Å². The number of aliphatic hydroxyl groups is 1. The van der Waals surface area contributed by atoms with Crippen molar-refractivity contribution in [3.05, 3.63) is 35.5 Å². The maximum atomic E-state index is 10.8. The van der Waals surface area contributed by atoms with Crippen molar-refractivity contribution in [2.75, 3.05) is 0 Å². The van der Waals surface area contributed by atoms with Crippen LogP contribution in [0.4, 0.5) is 0 Å². The van der Waals surface area contributed by atoms with Crippen molar-refractivity contribution in [3.8, 4) is 0 Å². The average molecular weight is 246 g/mol. The Bertz CT molecular complexity index is 572. The molecule has 1 amide bonds. The molecule has 0 saturated carbocycles. The summed E-state index contributed by atoms with van der Waals surface area (Å²) < 4.78 is 2.14. The van der Waals surface area contributed by atoms with Crippen molar-refractivity contribution in [1.82, 2.24) is 4.57 Å². The highest BCUT2D eigenvalue weighted by atomic mass is 16.3. The van der Waals surface area contributed by atoms with E-state index < -0.39 is 0 Å². The Hall–Kier alpha value is -1.81. The molecule has 0 bridgehead atoms. The Morgan fingerprint density at radius 1 is 1.39 bits per heavy atom. The maximum absolute atomic E-state index is 10.8. The minimum Gasteiger partial charge on any atom is -0.392 e. The van der Waals surface area contributed by atoms with Crippen LogP contribution < -0.4 is 5.73 Å². The van der Waals surface area contributed by atoms with Crippen LogP contribution in [-0.2, 0) is 17.9 Å². The van der Waals surface area contributed by atoms with Gasteiger partial charge in [-0.05, 0) is 19.4 Å². The number of benzene rings is 1. The van der Waals surface area contributed by atoms with Crippen LogP contribution in [-0.4, -0.2) is 15.6 Å². The number of amides is 1. The highest BCUT2D eigenvalue weighted by Crippen LogP contribution is 2.26. The Morgan fingerprint density at radius 3 is 2.78 bits per heavy atom. The van der Waals surface area contributed by atoms with E-state index in [1.165, 1.54) is 0 Å². The van der Waals surface area contributed by atoms with Crippen LogP contribution in [0.2, 0.25) is 0 Å². The van der Waals surface area contributed by atoms with E-state index in [0.29, 0.717) is 6.42 Å². The molecule has 4 heteroatoms. The number of nitrogens with zero attached hydrogens (tertiary/aromatic N) is 1. The average Bonchev–Trinajstić information content (AvgIpc) is 2.62. The normalized spacial score (nSPS) is 11.0. The zero-order valence-electron chi connectivity index (χ0n) is 10.5. The fourth-order valence-electron chi connectivity index (χ4n) is 2.40. The second-order valence-electron chi connectivity index (χ2n) is 4.46. The Labute approximate surface area is 106 Å². The number of carbonyl (C=O) groups excluding carboxylic acids is 1. The van der Waals surface area contributed by atoms with E-state index in [0.717, 1.165) is 35.1 Å². The summed E-state index contributed by atoms with van der Waals surface area (Å²) >= 11 is 0. The van der Waals surface area contributed by atoms with Gasteiger partial charge in [0.2, 0.25) is 5.91 Å². The molecule has 0 aliphatic rings. The lowest BCUT2D eigenvalue weighted by Gasteiger charge is -2.07. The molecule has 1 aromatic carbocycles. The van der Waals surface area contributed by atoms with Crippen molar-refractivity contribution in [1.29, 1.82) is 0 Å². The lowest BCUT2D eigenvalue weighted by molar-refractivity contribution is -0.118. The largest absolute Gasteiger partial charge is 0.392 e. The topological polar surface area (TPSA) is 68.2 Å². The summed E-state index contributed by atoms with van der Waals surface area (Å²) in [5.41, 5.74) is 8.27. The lowest BCUT2D eigenvalue weighted by atomic mass is 10.1. The third-order valence-electron chi connectivity index (χ3n) is 3.32. The van der Waals surface area contributed by atoms with Crippen LogP contribution in [0.1, 0.15) is 24.1 Å². The third-order valence-corrected chi connectivity index (χ3v) is 3.32. The molecule has 96 valence electrons. The third kappa shape index (κ3) is 2.24. The number of para-hydroxylation sites is 1. The lowest BCUT2D eigenvalue weighted by Crippen LogP contribution is -2.11. The van der Waals surface area contributed by atoms with Crippen molar-refractivity contribution >= 4 is 16.8 Å². The number of hydrogen-bond donors (Lipinski definition) is 2. The van der Waals surface area contributed by atoms with E-state index in [-0.39, 0.29) is 12.5 Å². The number of fused-ring (bicyclic) bond motifs is 1. The number of aliphatic hydroxyl groups excluding tert-OH is 1. The van der Waals surface area contributed by atoms with Gasteiger partial charge in [0.1, 0.15) is 0 Å². The summed E-state index contributed by atoms with van der Waals surface area (Å²) in [7, 11) is 0. The molecule has 3 N–H and O–H groups in total. The van der Waals surface area contributed by atoms with Crippen LogP contribution in [0, 0.1) is 6.92 Å². The van der Waals surface area contributed by atoms with Crippen molar-refractivity contribution in [2.24, 2.45) is 5.73 Å². The zero-order valence-corrected chi connectivity index (χ0v) is 10.5. The summed E-state index contributed by atoms with van der Waals surface area (Å²) in [6.07, 6.45) is 1.11. The molecule has 2 aromatic rings. The van der Waals surface area contributed by atoms with E-state index >= 15 is 0 Å². The Balaban J connectivity index is 2.37. The first-order chi connectivity index (χ1) is 8.65. The molecular weight excluding hydrogens is 228 g/mol. The van der Waals surface area contributed by atoms with Crippen molar-refractivity contribution in [3.63, 3.8) is 0 Å². The van der Waals surface area contributed by atoms with Gasteiger partial charge in [-0.25, -0.2) is 0 Å². The Kier molecular flexibility index (Phi) is 3.67. The van der Waals surface area contributed by atoms with E-state index in [1.54, 1.807) is 0 Å². The van der Waals surface area contributed by atoms with Crippen molar-refractivity contribution < 1.29 is 9.90 Å². The van der Waals surface area contributed by atoms with E-state index in [1.807, 2.05) is 31.2 Å². The molecule has 0 aliphatic heterocycles. The molecule has 0 aliphatic carbocycles. The number of carbonyl (C=O) groups is 1. The first-order valence-electron chi connectivity index (χ1n) is 6.11. The SMILES string of the molecule is Cc1c(CO)c2ccccc2n1CCCC(N)=O. The minimum absolute atomic E-state index is 0.0369. The molecular formula is C14H18N2O2. The first-order valence-corrected chi connectivity index (χ1v) is 6.11. The van der Waals surface area contributed by atoms with E-state index in [4.69, 9.17) is 5.73 Å². The fourth-order valence-corrected chi connectivity index (χ4v) is 2.40. The quantitative estimate of drug-likeness (QED) is 0.843. The number of nitrogens with two attached hydrogens (primary N) is 1. The number of rotatable bonds is 5. The summed E-state index contributed by atoms with van der Waals surface area (Å²) in [4.78, 5) is 10.8. The molecule has 0 saturated heterocycles. The minimum atomic E-state index is -0.272. The second-order valence-corrected chi connectivity index (χ2v) is 4.46. The van der Waals surface area contributed by atoms with Gasteiger partial charge in [0.25, 0.3) is 0 Å². The summed E-state index contributed by atoms with van der Waals surface area (Å²) in [6.45, 7) is 2.78. The molecule has 1 heterocycles. The van der Waals surface area contributed by atoms with Crippen LogP contribution in [0.25, 0.3) is 10.9 Å². The van der Waals surface area contributed by atoms with Crippen LogP contribution in [0.15, 0.2) is 24.3 Å². The van der Waals surface area contributed by atoms with E-state index in [2.05, 4.69) is 4.57 Å². The smallest absolute Gasteiger partial charge is 0.217 e. The van der Waals surface area contributed by atoms with Gasteiger partial charge in [-0.3, -0.25) is 4.79 Å². The van der Waals surface area contributed by atoms with Gasteiger partial charge < -0.3 is 15.4 Å². The maximum Gasteiger partial charge on any atom is 0.217 e. The molecule has 4 nitrogen and oxygen atoms in total. The molecule has 18 heavy (non-hydrogen) atoms. The molecule has 0 atom stereocenters.